The number of hydrogen-bond acceptors (Lipinski definition) is 4. The van der Waals surface area contributed by atoms with Gasteiger partial charge in [-0.3, -0.25) is 9.48 Å². The van der Waals surface area contributed by atoms with Crippen molar-refractivity contribution in [3.63, 3.8) is 0 Å². The zero-order valence-electron chi connectivity index (χ0n) is 17.5. The number of nitrogens with one attached hydrogen (secondary N) is 1. The smallest absolute Gasteiger partial charge is 0.407 e. The van der Waals surface area contributed by atoms with Crippen molar-refractivity contribution in [2.75, 3.05) is 6.61 Å². The molecule has 3 aromatic rings. The monoisotopic (exact) mass is 419 g/mol. The van der Waals surface area contributed by atoms with Crippen LogP contribution in [0.15, 0.2) is 54.7 Å². The lowest BCUT2D eigenvalue weighted by Crippen LogP contribution is -2.32. The zero-order chi connectivity index (χ0) is 22.0. The Bertz CT molecular complexity index is 1080. The number of nitrogens with zero attached hydrogens (tertiary/aromatic N) is 2. The number of amides is 1. The summed E-state index contributed by atoms with van der Waals surface area (Å²) in [7, 11) is 1.77. The van der Waals surface area contributed by atoms with Crippen LogP contribution in [0.1, 0.15) is 47.7 Å². The lowest BCUT2D eigenvalue weighted by atomic mass is 9.98. The van der Waals surface area contributed by atoms with Gasteiger partial charge in [0.05, 0.1) is 18.2 Å². The van der Waals surface area contributed by atoms with Crippen molar-refractivity contribution in [3.8, 4) is 11.1 Å². The minimum atomic E-state index is -1.00. The molecule has 0 radical (unpaired) electrons. The number of ether oxygens (including phenoxy) is 1. The van der Waals surface area contributed by atoms with Gasteiger partial charge in [0.25, 0.3) is 0 Å². The number of rotatable bonds is 7. The molecule has 4 rings (SSSR count). The van der Waals surface area contributed by atoms with Gasteiger partial charge in [-0.05, 0) is 28.7 Å². The van der Waals surface area contributed by atoms with Crippen molar-refractivity contribution >= 4 is 12.1 Å². The van der Waals surface area contributed by atoms with E-state index in [9.17, 15) is 14.7 Å². The van der Waals surface area contributed by atoms with Crippen LogP contribution >= 0.6 is 0 Å². The highest BCUT2D eigenvalue weighted by Crippen LogP contribution is 2.44. The number of carbonyl (C=O) groups is 2. The summed E-state index contributed by atoms with van der Waals surface area (Å²) >= 11 is 0. The fourth-order valence-corrected chi connectivity index (χ4v) is 4.31. The molecule has 0 aliphatic heterocycles. The van der Waals surface area contributed by atoms with Crippen LogP contribution in [0.3, 0.4) is 0 Å². The predicted molar refractivity (Wildman–Crippen MR) is 116 cm³/mol. The molecule has 0 fully saturated rings. The number of aliphatic carboxylic acids is 1. The molecule has 0 spiro atoms. The van der Waals surface area contributed by atoms with Gasteiger partial charge >= 0.3 is 12.1 Å². The molecule has 1 heterocycles. The van der Waals surface area contributed by atoms with Gasteiger partial charge in [0.2, 0.25) is 0 Å². The normalized spacial score (nSPS) is 13.4. The fourth-order valence-electron chi connectivity index (χ4n) is 4.31. The van der Waals surface area contributed by atoms with E-state index in [1.54, 1.807) is 17.9 Å². The van der Waals surface area contributed by atoms with Crippen LogP contribution < -0.4 is 5.32 Å². The second-order valence-electron chi connectivity index (χ2n) is 7.68. The number of aromatic nitrogens is 2. The first-order chi connectivity index (χ1) is 15.0. The van der Waals surface area contributed by atoms with Gasteiger partial charge in [0.1, 0.15) is 6.61 Å². The first kappa shape index (κ1) is 20.7. The number of alkyl carbamates (subject to hydrolysis) is 1. The molecule has 0 saturated heterocycles. The largest absolute Gasteiger partial charge is 0.481 e. The molecule has 0 bridgehead atoms. The maximum absolute atomic E-state index is 12.6. The first-order valence-electron chi connectivity index (χ1n) is 10.3. The Morgan fingerprint density at radius 2 is 1.74 bits per heavy atom. The van der Waals surface area contributed by atoms with Crippen LogP contribution in [0.25, 0.3) is 11.1 Å². The maximum Gasteiger partial charge on any atom is 0.407 e. The highest BCUT2D eigenvalue weighted by molar-refractivity contribution is 5.79. The van der Waals surface area contributed by atoms with Crippen LogP contribution in [0, 0.1) is 0 Å². The summed E-state index contributed by atoms with van der Waals surface area (Å²) in [5.74, 6) is -1.06. The molecule has 7 heteroatoms. The summed E-state index contributed by atoms with van der Waals surface area (Å²) in [6, 6.07) is 15.5. The quantitative estimate of drug-likeness (QED) is 0.603. The van der Waals surface area contributed by atoms with E-state index in [4.69, 9.17) is 4.74 Å². The Morgan fingerprint density at radius 3 is 2.32 bits per heavy atom. The van der Waals surface area contributed by atoms with E-state index in [1.165, 1.54) is 0 Å². The number of carboxylic acid groups (broad SMARTS) is 1. The fraction of sp³-hybridized carbons (Fsp3) is 0.292. The van der Waals surface area contributed by atoms with Crippen LogP contribution in [-0.4, -0.2) is 33.6 Å². The van der Waals surface area contributed by atoms with Gasteiger partial charge < -0.3 is 15.2 Å². The molecular formula is C24H25N3O4. The molecule has 1 aromatic heterocycles. The van der Waals surface area contributed by atoms with Gasteiger partial charge in [-0.15, -0.1) is 0 Å². The molecule has 0 saturated carbocycles. The lowest BCUT2D eigenvalue weighted by Gasteiger charge is -2.19. The van der Waals surface area contributed by atoms with Crippen LogP contribution in [0.5, 0.6) is 0 Å². The average molecular weight is 419 g/mol. The minimum Gasteiger partial charge on any atom is -0.481 e. The van der Waals surface area contributed by atoms with Crippen molar-refractivity contribution in [2.24, 2.45) is 7.05 Å². The summed E-state index contributed by atoms with van der Waals surface area (Å²) in [5.41, 5.74) is 6.00. The van der Waals surface area contributed by atoms with Gasteiger partial charge in [0, 0.05) is 24.7 Å². The van der Waals surface area contributed by atoms with Crippen molar-refractivity contribution in [1.82, 2.24) is 15.1 Å². The van der Waals surface area contributed by atoms with Crippen molar-refractivity contribution in [2.45, 2.75) is 31.7 Å². The average Bonchev–Trinajstić information content (AvgIpc) is 3.29. The van der Waals surface area contributed by atoms with Gasteiger partial charge in [-0.2, -0.15) is 5.10 Å². The van der Waals surface area contributed by atoms with E-state index in [0.29, 0.717) is 12.0 Å². The van der Waals surface area contributed by atoms with Gasteiger partial charge in [0.15, 0.2) is 0 Å². The highest BCUT2D eigenvalue weighted by Gasteiger charge is 2.30. The topological polar surface area (TPSA) is 93.5 Å². The second kappa shape index (κ2) is 8.63. The third-order valence-electron chi connectivity index (χ3n) is 5.66. The Balaban J connectivity index is 1.50. The number of fused-ring (bicyclic) bond motifs is 3. The van der Waals surface area contributed by atoms with Crippen LogP contribution in [0.2, 0.25) is 0 Å². The van der Waals surface area contributed by atoms with E-state index in [0.717, 1.165) is 27.9 Å². The molecular weight excluding hydrogens is 394 g/mol. The zero-order valence-corrected chi connectivity index (χ0v) is 17.5. The Labute approximate surface area is 180 Å². The molecule has 2 N–H and O–H groups in total. The number of carboxylic acids is 1. The van der Waals surface area contributed by atoms with Crippen molar-refractivity contribution in [1.29, 1.82) is 0 Å². The molecule has 7 nitrogen and oxygen atoms in total. The molecule has 160 valence electrons. The molecule has 1 amide bonds. The van der Waals surface area contributed by atoms with Gasteiger partial charge in [-0.25, -0.2) is 4.79 Å². The van der Waals surface area contributed by atoms with E-state index in [-0.39, 0.29) is 18.9 Å². The summed E-state index contributed by atoms with van der Waals surface area (Å²) in [4.78, 5) is 24.0. The summed E-state index contributed by atoms with van der Waals surface area (Å²) in [5, 5.41) is 16.4. The standard InChI is InChI=1S/C24H25N3O4/c1-3-21-19(13-27(2)26-21)22(12-23(28)29)25-24(30)31-14-20-17-10-6-4-8-15(17)16-9-5-7-11-18(16)20/h4-11,13,20,22H,3,12,14H2,1-2H3,(H,25,30)(H,28,29). The predicted octanol–water partition coefficient (Wildman–Crippen LogP) is 4.04. The molecule has 2 aromatic carbocycles. The van der Waals surface area contributed by atoms with E-state index >= 15 is 0 Å². The SMILES string of the molecule is CCc1nn(C)cc1C(CC(=O)O)NC(=O)OCC1c2ccccc2-c2ccccc21. The van der Waals surface area contributed by atoms with Crippen LogP contribution in [-0.2, 0) is 23.0 Å². The first-order valence-corrected chi connectivity index (χ1v) is 10.3. The number of benzene rings is 2. The maximum atomic E-state index is 12.6. The summed E-state index contributed by atoms with van der Waals surface area (Å²) in [6.45, 7) is 2.12. The number of hydrogen-bond donors (Lipinski definition) is 2. The lowest BCUT2D eigenvalue weighted by molar-refractivity contribution is -0.137. The third kappa shape index (κ3) is 4.17. The Hall–Kier alpha value is -3.61. The van der Waals surface area contributed by atoms with Crippen molar-refractivity contribution < 1.29 is 19.4 Å². The molecule has 31 heavy (non-hydrogen) atoms. The van der Waals surface area contributed by atoms with Crippen molar-refractivity contribution in [3.05, 3.63) is 77.1 Å². The highest BCUT2D eigenvalue weighted by atomic mass is 16.5. The third-order valence-corrected chi connectivity index (χ3v) is 5.66. The molecule has 1 aliphatic rings. The van der Waals surface area contributed by atoms with E-state index in [2.05, 4.69) is 34.7 Å². The summed E-state index contributed by atoms with van der Waals surface area (Å²) < 4.78 is 7.21. The van der Waals surface area contributed by atoms with Crippen LogP contribution in [0.4, 0.5) is 4.79 Å². The second-order valence-corrected chi connectivity index (χ2v) is 7.68. The summed E-state index contributed by atoms with van der Waals surface area (Å²) in [6.07, 6.45) is 1.50. The molecule has 1 atom stereocenters. The van der Waals surface area contributed by atoms with Gasteiger partial charge in [-0.1, -0.05) is 55.5 Å². The Kier molecular flexibility index (Phi) is 5.75. The van der Waals surface area contributed by atoms with E-state index in [1.807, 2.05) is 31.2 Å². The Morgan fingerprint density at radius 1 is 1.13 bits per heavy atom. The van der Waals surface area contributed by atoms with E-state index < -0.39 is 18.1 Å². The number of aryl methyl sites for hydroxylation is 2. The molecule has 1 aliphatic carbocycles. The number of carbonyl (C=O) groups excluding carboxylic acids is 1. The molecule has 1 unspecified atom stereocenters. The minimum absolute atomic E-state index is 0.0549.